The highest BCUT2D eigenvalue weighted by Crippen LogP contribution is 2.27. The number of nitrogens with one attached hydrogen (secondary N) is 1. The number of benzene rings is 2. The van der Waals surface area contributed by atoms with Gasteiger partial charge in [0.05, 0.1) is 15.4 Å². The number of sulfone groups is 1. The second-order valence-corrected chi connectivity index (χ2v) is 10.7. The van der Waals surface area contributed by atoms with E-state index in [9.17, 15) is 21.6 Å². The van der Waals surface area contributed by atoms with Crippen molar-refractivity contribution in [3.8, 4) is 11.5 Å². The summed E-state index contributed by atoms with van der Waals surface area (Å²) in [5.74, 6) is -0.662. The van der Waals surface area contributed by atoms with Gasteiger partial charge in [0.1, 0.15) is 0 Å². The highest BCUT2D eigenvalue weighted by molar-refractivity contribution is 7.90. The van der Waals surface area contributed by atoms with Crippen LogP contribution in [0.5, 0.6) is 0 Å². The minimum Gasteiger partial charge on any atom is -0.403 e. The molecule has 0 fully saturated rings. The fourth-order valence-corrected chi connectivity index (χ4v) is 5.35. The van der Waals surface area contributed by atoms with Crippen LogP contribution in [0.4, 0.5) is 6.01 Å². The van der Waals surface area contributed by atoms with E-state index in [1.54, 1.807) is 26.0 Å². The highest BCUT2D eigenvalue weighted by atomic mass is 32.2. The molecule has 0 radical (unpaired) electrons. The molecule has 0 unspecified atom stereocenters. The molecule has 12 heteroatoms. The Balaban J connectivity index is 1.80. The molecule has 0 aliphatic heterocycles. The van der Waals surface area contributed by atoms with Gasteiger partial charge in [-0.15, -0.1) is 5.10 Å². The maximum atomic E-state index is 12.6. The second kappa shape index (κ2) is 9.18. The quantitative estimate of drug-likeness (QED) is 0.521. The van der Waals surface area contributed by atoms with Gasteiger partial charge in [-0.2, -0.15) is 4.31 Å². The summed E-state index contributed by atoms with van der Waals surface area (Å²) in [4.78, 5) is 12.6. The van der Waals surface area contributed by atoms with Crippen LogP contribution < -0.4 is 5.32 Å². The standard InChI is InChI=1S/C20H22N4O6S2/c1-4-24(5-2)32(28,29)15-12-10-14(11-13-15)18(25)21-20-23-22-19(30-20)16-8-6-7-9-17(16)31(3,26)27/h6-13H,4-5H2,1-3H3,(H,21,23,25). The number of hydrogen-bond acceptors (Lipinski definition) is 8. The van der Waals surface area contributed by atoms with Crippen LogP contribution in [0.1, 0.15) is 24.2 Å². The molecule has 0 aliphatic rings. The molecule has 0 saturated carbocycles. The van der Waals surface area contributed by atoms with E-state index in [2.05, 4.69) is 15.5 Å². The maximum Gasteiger partial charge on any atom is 0.322 e. The van der Waals surface area contributed by atoms with Crippen molar-refractivity contribution >= 4 is 31.8 Å². The van der Waals surface area contributed by atoms with Gasteiger partial charge in [0.15, 0.2) is 9.84 Å². The molecule has 1 amide bonds. The van der Waals surface area contributed by atoms with E-state index in [1.807, 2.05) is 0 Å². The zero-order chi connectivity index (χ0) is 23.5. The van der Waals surface area contributed by atoms with Gasteiger partial charge in [-0.1, -0.05) is 31.1 Å². The molecule has 10 nitrogen and oxygen atoms in total. The second-order valence-electron chi connectivity index (χ2n) is 6.75. The number of aromatic nitrogens is 2. The summed E-state index contributed by atoms with van der Waals surface area (Å²) in [6.45, 7) is 4.16. The largest absolute Gasteiger partial charge is 0.403 e. The van der Waals surface area contributed by atoms with E-state index in [0.717, 1.165) is 6.26 Å². The summed E-state index contributed by atoms with van der Waals surface area (Å²) < 4.78 is 55.8. The first-order valence-corrected chi connectivity index (χ1v) is 13.0. The van der Waals surface area contributed by atoms with E-state index in [1.165, 1.54) is 40.7 Å². The van der Waals surface area contributed by atoms with Gasteiger partial charge in [-0.3, -0.25) is 10.1 Å². The normalized spacial score (nSPS) is 12.1. The van der Waals surface area contributed by atoms with Gasteiger partial charge in [0, 0.05) is 24.9 Å². The van der Waals surface area contributed by atoms with Gasteiger partial charge in [-0.25, -0.2) is 16.8 Å². The van der Waals surface area contributed by atoms with E-state index >= 15 is 0 Å². The Morgan fingerprint density at radius 2 is 1.59 bits per heavy atom. The molecule has 1 N–H and O–H groups in total. The minimum absolute atomic E-state index is 0.0199. The minimum atomic E-state index is -3.63. The average molecular weight is 479 g/mol. The molecule has 3 aromatic rings. The predicted octanol–water partition coefficient (Wildman–Crippen LogP) is 2.42. The number of carbonyl (C=O) groups excluding carboxylic acids is 1. The molecule has 0 bridgehead atoms. The summed E-state index contributed by atoms with van der Waals surface area (Å²) in [5.41, 5.74) is 0.397. The molecule has 0 spiro atoms. The van der Waals surface area contributed by atoms with Crippen LogP contribution in [0.15, 0.2) is 62.7 Å². The number of nitrogens with zero attached hydrogens (tertiary/aromatic N) is 3. The van der Waals surface area contributed by atoms with Crippen molar-refractivity contribution < 1.29 is 26.0 Å². The summed E-state index contributed by atoms with van der Waals surface area (Å²) in [6.07, 6.45) is 1.06. The Morgan fingerprint density at radius 3 is 2.19 bits per heavy atom. The molecular formula is C20H22N4O6S2. The molecular weight excluding hydrogens is 456 g/mol. The number of sulfonamides is 1. The van der Waals surface area contributed by atoms with Crippen molar-refractivity contribution in [2.24, 2.45) is 0 Å². The third kappa shape index (κ3) is 4.87. The highest BCUT2D eigenvalue weighted by Gasteiger charge is 2.22. The van der Waals surface area contributed by atoms with Crippen LogP contribution in [0.2, 0.25) is 0 Å². The van der Waals surface area contributed by atoms with Crippen molar-refractivity contribution in [3.63, 3.8) is 0 Å². The molecule has 170 valence electrons. The smallest absolute Gasteiger partial charge is 0.322 e. The lowest BCUT2D eigenvalue weighted by Gasteiger charge is -2.18. The maximum absolute atomic E-state index is 12.6. The summed E-state index contributed by atoms with van der Waals surface area (Å²) in [7, 11) is -7.17. The molecule has 0 atom stereocenters. The summed E-state index contributed by atoms with van der Waals surface area (Å²) >= 11 is 0. The van der Waals surface area contributed by atoms with Crippen molar-refractivity contribution in [2.75, 3.05) is 24.7 Å². The third-order valence-corrected chi connectivity index (χ3v) is 7.84. The van der Waals surface area contributed by atoms with Crippen LogP contribution in [0, 0.1) is 0 Å². The van der Waals surface area contributed by atoms with Gasteiger partial charge in [-0.05, 0) is 36.4 Å². The fourth-order valence-electron chi connectivity index (χ4n) is 3.01. The number of carbonyl (C=O) groups is 1. The van der Waals surface area contributed by atoms with Crippen molar-refractivity contribution in [2.45, 2.75) is 23.6 Å². The first kappa shape index (κ1) is 23.6. The van der Waals surface area contributed by atoms with E-state index in [0.29, 0.717) is 13.1 Å². The lowest BCUT2D eigenvalue weighted by atomic mass is 10.2. The molecule has 32 heavy (non-hydrogen) atoms. The number of amides is 1. The zero-order valence-electron chi connectivity index (χ0n) is 17.6. The first-order valence-electron chi connectivity index (χ1n) is 9.62. The Bertz CT molecular complexity index is 1330. The van der Waals surface area contributed by atoms with Gasteiger partial charge in [0.2, 0.25) is 10.0 Å². The molecule has 0 saturated heterocycles. The van der Waals surface area contributed by atoms with Crippen LogP contribution >= 0.6 is 0 Å². The molecule has 2 aromatic carbocycles. The monoisotopic (exact) mass is 478 g/mol. The van der Waals surface area contributed by atoms with Crippen LogP contribution in [-0.2, 0) is 19.9 Å². The first-order chi connectivity index (χ1) is 15.1. The van der Waals surface area contributed by atoms with Crippen molar-refractivity contribution in [1.29, 1.82) is 0 Å². The molecule has 3 rings (SSSR count). The van der Waals surface area contributed by atoms with Crippen LogP contribution in [-0.4, -0.2) is 56.6 Å². The summed E-state index contributed by atoms with van der Waals surface area (Å²) in [5, 5.41) is 9.97. The van der Waals surface area contributed by atoms with Crippen LogP contribution in [0.25, 0.3) is 11.5 Å². The average Bonchev–Trinajstić information content (AvgIpc) is 3.22. The Labute approximate surface area is 186 Å². The fraction of sp³-hybridized carbons (Fsp3) is 0.250. The van der Waals surface area contributed by atoms with Gasteiger partial charge >= 0.3 is 6.01 Å². The molecule has 1 heterocycles. The van der Waals surface area contributed by atoms with Crippen LogP contribution in [0.3, 0.4) is 0 Å². The van der Waals surface area contributed by atoms with E-state index < -0.39 is 25.8 Å². The van der Waals surface area contributed by atoms with E-state index in [-0.39, 0.29) is 32.8 Å². The Morgan fingerprint density at radius 1 is 0.969 bits per heavy atom. The number of rotatable bonds is 8. The van der Waals surface area contributed by atoms with Crippen molar-refractivity contribution in [3.05, 3.63) is 54.1 Å². The zero-order valence-corrected chi connectivity index (χ0v) is 19.3. The third-order valence-electron chi connectivity index (χ3n) is 4.62. The predicted molar refractivity (Wildman–Crippen MR) is 117 cm³/mol. The summed E-state index contributed by atoms with van der Waals surface area (Å²) in [6, 6.07) is 11.4. The van der Waals surface area contributed by atoms with Gasteiger partial charge < -0.3 is 4.42 Å². The molecule has 0 aliphatic carbocycles. The molecule has 1 aromatic heterocycles. The topological polar surface area (TPSA) is 140 Å². The Kier molecular flexibility index (Phi) is 6.77. The Hall–Kier alpha value is -3.09. The lowest BCUT2D eigenvalue weighted by molar-refractivity contribution is 0.102. The van der Waals surface area contributed by atoms with Gasteiger partial charge in [0.25, 0.3) is 11.8 Å². The number of hydrogen-bond donors (Lipinski definition) is 1. The SMILES string of the molecule is CCN(CC)S(=O)(=O)c1ccc(C(=O)Nc2nnc(-c3ccccc3S(C)(=O)=O)o2)cc1. The number of anilines is 1. The van der Waals surface area contributed by atoms with E-state index in [4.69, 9.17) is 4.42 Å². The lowest BCUT2D eigenvalue weighted by Crippen LogP contribution is -2.30. The van der Waals surface area contributed by atoms with Crippen molar-refractivity contribution in [1.82, 2.24) is 14.5 Å².